The maximum atomic E-state index is 12.4. The van der Waals surface area contributed by atoms with Crippen LogP contribution in [0.4, 0.5) is 5.13 Å². The summed E-state index contributed by atoms with van der Waals surface area (Å²) in [5.74, 6) is -0.0178. The van der Waals surface area contributed by atoms with E-state index < -0.39 is 0 Å². The highest BCUT2D eigenvalue weighted by Gasteiger charge is 2.22. The number of hydrogen-bond acceptors (Lipinski definition) is 5. The molecule has 5 nitrogen and oxygen atoms in total. The van der Waals surface area contributed by atoms with E-state index >= 15 is 0 Å². The molecule has 2 unspecified atom stereocenters. The number of hydrogen-bond donors (Lipinski definition) is 1. The second kappa shape index (κ2) is 10.1. The normalized spacial score (nSPS) is 20.2. The monoisotopic (exact) mass is 401 g/mol. The lowest BCUT2D eigenvalue weighted by Gasteiger charge is -2.34. The van der Waals surface area contributed by atoms with Crippen LogP contribution < -0.4 is 5.32 Å². The van der Waals surface area contributed by atoms with E-state index in [1.807, 2.05) is 5.38 Å². The van der Waals surface area contributed by atoms with Gasteiger partial charge in [0.25, 0.3) is 0 Å². The number of anilines is 1. The summed E-state index contributed by atoms with van der Waals surface area (Å²) in [6.07, 6.45) is 4.37. The largest absolute Gasteiger partial charge is 0.373 e. The summed E-state index contributed by atoms with van der Waals surface area (Å²) >= 11 is 1.49. The number of benzene rings is 1. The van der Waals surface area contributed by atoms with Crippen molar-refractivity contribution in [1.29, 1.82) is 0 Å². The molecule has 3 rings (SSSR count). The molecule has 0 bridgehead atoms. The molecule has 0 radical (unpaired) electrons. The van der Waals surface area contributed by atoms with Crippen LogP contribution in [0.2, 0.25) is 0 Å². The van der Waals surface area contributed by atoms with Crippen molar-refractivity contribution in [3.05, 3.63) is 46.5 Å². The predicted molar refractivity (Wildman–Crippen MR) is 115 cm³/mol. The van der Waals surface area contributed by atoms with Gasteiger partial charge in [0, 0.05) is 25.0 Å². The van der Waals surface area contributed by atoms with Crippen molar-refractivity contribution in [2.45, 2.75) is 65.2 Å². The third-order valence-electron chi connectivity index (χ3n) is 4.89. The highest BCUT2D eigenvalue weighted by atomic mass is 32.1. The van der Waals surface area contributed by atoms with E-state index in [1.165, 1.54) is 29.7 Å². The summed E-state index contributed by atoms with van der Waals surface area (Å²) in [7, 11) is 0. The van der Waals surface area contributed by atoms with E-state index in [1.54, 1.807) is 0 Å². The third kappa shape index (κ3) is 6.40. The van der Waals surface area contributed by atoms with Crippen LogP contribution in [0.15, 0.2) is 29.6 Å². The second-order valence-corrected chi connectivity index (χ2v) is 8.60. The molecular formula is C22H31N3O2S. The summed E-state index contributed by atoms with van der Waals surface area (Å²) in [6, 6.07) is 8.37. The third-order valence-corrected chi connectivity index (χ3v) is 5.69. The number of aryl methyl sites for hydroxylation is 1. The Hall–Kier alpha value is -1.76. The lowest BCUT2D eigenvalue weighted by atomic mass is 10.0. The molecule has 1 aromatic carbocycles. The van der Waals surface area contributed by atoms with Crippen LogP contribution in [0.3, 0.4) is 0 Å². The first-order valence-electron chi connectivity index (χ1n) is 10.2. The lowest BCUT2D eigenvalue weighted by Crippen LogP contribution is -2.44. The molecule has 1 amide bonds. The number of aromatic nitrogens is 1. The summed E-state index contributed by atoms with van der Waals surface area (Å²) < 4.78 is 5.78. The summed E-state index contributed by atoms with van der Waals surface area (Å²) in [5.41, 5.74) is 3.37. The van der Waals surface area contributed by atoms with Crippen molar-refractivity contribution in [2.24, 2.45) is 0 Å². The Bertz CT molecular complexity index is 749. The molecular weight excluding hydrogens is 370 g/mol. The fourth-order valence-electron chi connectivity index (χ4n) is 3.63. The lowest BCUT2D eigenvalue weighted by molar-refractivity contribution is -0.115. The summed E-state index contributed by atoms with van der Waals surface area (Å²) in [6.45, 7) is 9.03. The Balaban J connectivity index is 1.48. The number of amides is 1. The molecule has 1 fully saturated rings. The topological polar surface area (TPSA) is 54.5 Å². The smallest absolute Gasteiger partial charge is 0.230 e. The molecule has 6 heteroatoms. The van der Waals surface area contributed by atoms with Crippen LogP contribution >= 0.6 is 11.3 Å². The highest BCUT2D eigenvalue weighted by molar-refractivity contribution is 7.13. The molecule has 2 aromatic rings. The van der Waals surface area contributed by atoms with Gasteiger partial charge in [-0.25, -0.2) is 4.98 Å². The Morgan fingerprint density at radius 3 is 2.57 bits per heavy atom. The second-order valence-electron chi connectivity index (χ2n) is 7.74. The molecule has 0 spiro atoms. The number of thiazole rings is 1. The van der Waals surface area contributed by atoms with Gasteiger partial charge in [0.1, 0.15) is 0 Å². The molecule has 1 aliphatic rings. The van der Waals surface area contributed by atoms with Gasteiger partial charge >= 0.3 is 0 Å². The van der Waals surface area contributed by atoms with Crippen LogP contribution in [0.25, 0.3) is 0 Å². The van der Waals surface area contributed by atoms with Gasteiger partial charge in [0.15, 0.2) is 5.13 Å². The molecule has 152 valence electrons. The van der Waals surface area contributed by atoms with Crippen LogP contribution in [0.1, 0.15) is 50.4 Å². The van der Waals surface area contributed by atoms with Gasteiger partial charge in [0.2, 0.25) is 5.91 Å². The number of nitrogens with zero attached hydrogens (tertiary/aromatic N) is 2. The molecule has 1 N–H and O–H groups in total. The van der Waals surface area contributed by atoms with Gasteiger partial charge in [-0.1, -0.05) is 37.6 Å². The fraction of sp³-hybridized carbons (Fsp3) is 0.545. The zero-order chi connectivity index (χ0) is 19.9. The number of ether oxygens (including phenoxy) is 1. The van der Waals surface area contributed by atoms with Crippen LogP contribution in [0.5, 0.6) is 0 Å². The van der Waals surface area contributed by atoms with E-state index in [4.69, 9.17) is 4.74 Å². The Labute approximate surface area is 172 Å². The number of nitrogens with one attached hydrogen (secondary N) is 1. The van der Waals surface area contributed by atoms with E-state index in [0.717, 1.165) is 37.3 Å². The molecule has 2 atom stereocenters. The predicted octanol–water partition coefficient (Wildman–Crippen LogP) is 4.28. The maximum Gasteiger partial charge on any atom is 0.230 e. The molecule has 28 heavy (non-hydrogen) atoms. The first-order chi connectivity index (χ1) is 13.5. The van der Waals surface area contributed by atoms with Crippen molar-refractivity contribution < 1.29 is 9.53 Å². The molecule has 2 heterocycles. The fourth-order valence-corrected chi connectivity index (χ4v) is 4.35. The first kappa shape index (κ1) is 21.0. The number of morpholine rings is 1. The standard InChI is InChI=1S/C22H31N3O2S/c1-4-5-6-18-7-9-19(10-8-18)11-21(26)24-22-23-20(15-28-22)14-25-12-16(2)27-17(3)13-25/h7-10,15-17H,4-6,11-14H2,1-3H3,(H,23,24,26). The number of carbonyl (C=O) groups excluding carboxylic acids is 1. The average molecular weight is 402 g/mol. The van der Waals surface area contributed by atoms with Gasteiger partial charge in [0.05, 0.1) is 24.3 Å². The zero-order valence-corrected chi connectivity index (χ0v) is 17.9. The van der Waals surface area contributed by atoms with Crippen LogP contribution in [-0.2, 0) is 28.9 Å². The van der Waals surface area contributed by atoms with Crippen LogP contribution in [0, 0.1) is 0 Å². The van der Waals surface area contributed by atoms with Crippen molar-refractivity contribution in [2.75, 3.05) is 18.4 Å². The quantitative estimate of drug-likeness (QED) is 0.717. The first-order valence-corrected chi connectivity index (χ1v) is 11.1. The van der Waals surface area contributed by atoms with E-state index in [9.17, 15) is 4.79 Å². The van der Waals surface area contributed by atoms with Crippen molar-refractivity contribution in [3.63, 3.8) is 0 Å². The Morgan fingerprint density at radius 1 is 1.21 bits per heavy atom. The van der Waals surface area contributed by atoms with Gasteiger partial charge in [-0.05, 0) is 37.8 Å². The van der Waals surface area contributed by atoms with E-state index in [2.05, 4.69) is 60.2 Å². The van der Waals surface area contributed by atoms with E-state index in [-0.39, 0.29) is 18.1 Å². The maximum absolute atomic E-state index is 12.4. The van der Waals surface area contributed by atoms with Crippen LogP contribution in [-0.4, -0.2) is 41.1 Å². The van der Waals surface area contributed by atoms with Gasteiger partial charge in [-0.15, -0.1) is 11.3 Å². The minimum absolute atomic E-state index is 0.0178. The molecule has 1 aromatic heterocycles. The minimum Gasteiger partial charge on any atom is -0.373 e. The molecule has 0 saturated carbocycles. The Kier molecular flexibility index (Phi) is 7.59. The number of rotatable bonds is 8. The van der Waals surface area contributed by atoms with Gasteiger partial charge in [-0.3, -0.25) is 9.69 Å². The summed E-state index contributed by atoms with van der Waals surface area (Å²) in [4.78, 5) is 19.3. The minimum atomic E-state index is -0.0178. The molecule has 0 aliphatic carbocycles. The van der Waals surface area contributed by atoms with Gasteiger partial charge in [-0.2, -0.15) is 0 Å². The molecule has 1 aliphatic heterocycles. The van der Waals surface area contributed by atoms with E-state index in [0.29, 0.717) is 11.6 Å². The SMILES string of the molecule is CCCCc1ccc(CC(=O)Nc2nc(CN3CC(C)OC(C)C3)cs2)cc1. The van der Waals surface area contributed by atoms with Crippen molar-refractivity contribution in [1.82, 2.24) is 9.88 Å². The van der Waals surface area contributed by atoms with Gasteiger partial charge < -0.3 is 10.1 Å². The number of carbonyl (C=O) groups is 1. The van der Waals surface area contributed by atoms with Crippen molar-refractivity contribution in [3.8, 4) is 0 Å². The zero-order valence-electron chi connectivity index (χ0n) is 17.1. The average Bonchev–Trinajstić information content (AvgIpc) is 3.06. The van der Waals surface area contributed by atoms with Crippen molar-refractivity contribution >= 4 is 22.4 Å². The highest BCUT2D eigenvalue weighted by Crippen LogP contribution is 2.19. The molecule has 1 saturated heterocycles. The summed E-state index contributed by atoms with van der Waals surface area (Å²) in [5, 5.41) is 5.65. The number of unbranched alkanes of at least 4 members (excludes halogenated alkanes) is 1. The Morgan fingerprint density at radius 2 is 1.89 bits per heavy atom.